The Morgan fingerprint density at radius 1 is 1.50 bits per heavy atom. The van der Waals surface area contributed by atoms with Crippen LogP contribution in [-0.4, -0.2) is 43.0 Å². The molecule has 0 bridgehead atoms. The molecular weight excluding hydrogens is 256 g/mol. The smallest absolute Gasteiger partial charge is 0.313 e. The first-order valence-electron chi connectivity index (χ1n) is 5.31. The number of aliphatic carboxylic acids is 1. The third-order valence-corrected chi connectivity index (χ3v) is 2.70. The summed E-state index contributed by atoms with van der Waals surface area (Å²) in [4.78, 5) is 22.2. The summed E-state index contributed by atoms with van der Waals surface area (Å²) < 4.78 is 1.52. The van der Waals surface area contributed by atoms with Crippen LogP contribution in [0.25, 0.3) is 0 Å². The molecular formula is C10H16N4O3S. The molecule has 1 aromatic heterocycles. The van der Waals surface area contributed by atoms with Crippen LogP contribution in [0.3, 0.4) is 0 Å². The van der Waals surface area contributed by atoms with Crippen molar-refractivity contribution in [1.29, 1.82) is 0 Å². The van der Waals surface area contributed by atoms with Crippen LogP contribution in [0.5, 0.6) is 0 Å². The van der Waals surface area contributed by atoms with Crippen molar-refractivity contribution in [2.24, 2.45) is 0 Å². The van der Waals surface area contributed by atoms with E-state index in [0.717, 1.165) is 11.8 Å². The molecule has 0 atom stereocenters. The molecule has 0 saturated carbocycles. The summed E-state index contributed by atoms with van der Waals surface area (Å²) in [5.41, 5.74) is -0.306. The second kappa shape index (κ2) is 5.85. The second-order valence-electron chi connectivity index (χ2n) is 4.72. The van der Waals surface area contributed by atoms with Crippen molar-refractivity contribution in [1.82, 2.24) is 20.1 Å². The SMILES string of the molecule is CC(C)(C)NC(=O)Cn1cnnc1SCC(=O)O. The number of amides is 1. The Labute approximate surface area is 109 Å². The van der Waals surface area contributed by atoms with E-state index in [4.69, 9.17) is 5.11 Å². The van der Waals surface area contributed by atoms with Crippen LogP contribution < -0.4 is 5.32 Å². The summed E-state index contributed by atoms with van der Waals surface area (Å²) in [5.74, 6) is -1.22. The molecule has 7 nitrogen and oxygen atoms in total. The van der Waals surface area contributed by atoms with Crippen LogP contribution in [0.1, 0.15) is 20.8 Å². The first-order valence-corrected chi connectivity index (χ1v) is 6.30. The quantitative estimate of drug-likeness (QED) is 0.752. The Bertz CT molecular complexity index is 439. The van der Waals surface area contributed by atoms with Gasteiger partial charge < -0.3 is 10.4 Å². The maximum Gasteiger partial charge on any atom is 0.313 e. The predicted octanol–water partition coefficient (Wildman–Crippen LogP) is 0.369. The largest absolute Gasteiger partial charge is 0.481 e. The van der Waals surface area contributed by atoms with Crippen LogP contribution >= 0.6 is 11.8 Å². The molecule has 8 heteroatoms. The van der Waals surface area contributed by atoms with Crippen LogP contribution in [0, 0.1) is 0 Å². The van der Waals surface area contributed by atoms with Crippen molar-refractivity contribution in [3.05, 3.63) is 6.33 Å². The van der Waals surface area contributed by atoms with E-state index < -0.39 is 5.97 Å². The van der Waals surface area contributed by atoms with Gasteiger partial charge in [-0.25, -0.2) is 0 Å². The lowest BCUT2D eigenvalue weighted by atomic mass is 10.1. The molecule has 0 aliphatic rings. The van der Waals surface area contributed by atoms with Crippen molar-refractivity contribution >= 4 is 23.6 Å². The van der Waals surface area contributed by atoms with Crippen molar-refractivity contribution in [2.45, 2.75) is 38.0 Å². The number of nitrogens with zero attached hydrogens (tertiary/aromatic N) is 3. The Hall–Kier alpha value is -1.57. The van der Waals surface area contributed by atoms with Gasteiger partial charge >= 0.3 is 5.97 Å². The van der Waals surface area contributed by atoms with Gasteiger partial charge in [0.05, 0.1) is 5.75 Å². The summed E-state index contributed by atoms with van der Waals surface area (Å²) in [5, 5.41) is 19.2. The van der Waals surface area contributed by atoms with Crippen LogP contribution in [-0.2, 0) is 16.1 Å². The third-order valence-electron chi connectivity index (χ3n) is 1.73. The number of carbonyl (C=O) groups excluding carboxylic acids is 1. The van der Waals surface area contributed by atoms with Gasteiger partial charge in [0.15, 0.2) is 5.16 Å². The molecule has 2 N–H and O–H groups in total. The van der Waals surface area contributed by atoms with Gasteiger partial charge in [-0.2, -0.15) is 0 Å². The maximum atomic E-state index is 11.7. The molecule has 0 saturated heterocycles. The third kappa shape index (κ3) is 5.17. The van der Waals surface area contributed by atoms with Crippen molar-refractivity contribution in [3.8, 4) is 0 Å². The monoisotopic (exact) mass is 272 g/mol. The molecule has 1 heterocycles. The minimum Gasteiger partial charge on any atom is -0.481 e. The molecule has 0 radical (unpaired) electrons. The minimum atomic E-state index is -0.936. The zero-order chi connectivity index (χ0) is 13.8. The normalized spacial score (nSPS) is 11.3. The van der Waals surface area contributed by atoms with E-state index in [0.29, 0.717) is 5.16 Å². The molecule has 1 amide bonds. The van der Waals surface area contributed by atoms with Gasteiger partial charge in [0.2, 0.25) is 5.91 Å². The second-order valence-corrected chi connectivity index (χ2v) is 5.66. The summed E-state index contributed by atoms with van der Waals surface area (Å²) in [6.07, 6.45) is 1.41. The van der Waals surface area contributed by atoms with Crippen molar-refractivity contribution in [3.63, 3.8) is 0 Å². The molecule has 100 valence electrons. The van der Waals surface area contributed by atoms with Gasteiger partial charge in [-0.15, -0.1) is 10.2 Å². The number of carbonyl (C=O) groups is 2. The van der Waals surface area contributed by atoms with Crippen LogP contribution in [0.4, 0.5) is 0 Å². The highest BCUT2D eigenvalue weighted by Crippen LogP contribution is 2.14. The summed E-state index contributed by atoms with van der Waals surface area (Å²) in [6.45, 7) is 5.73. The molecule has 0 aliphatic heterocycles. The lowest BCUT2D eigenvalue weighted by Crippen LogP contribution is -2.42. The van der Waals surface area contributed by atoms with Crippen molar-refractivity contribution in [2.75, 3.05) is 5.75 Å². The number of hydrogen-bond donors (Lipinski definition) is 2. The van der Waals surface area contributed by atoms with Gasteiger partial charge in [0, 0.05) is 5.54 Å². The van der Waals surface area contributed by atoms with E-state index in [1.54, 1.807) is 0 Å². The summed E-state index contributed by atoms with van der Waals surface area (Å²) in [7, 11) is 0. The van der Waals surface area contributed by atoms with Crippen LogP contribution in [0.15, 0.2) is 11.5 Å². The number of rotatable bonds is 5. The van der Waals surface area contributed by atoms with Gasteiger partial charge in [-0.1, -0.05) is 11.8 Å². The van der Waals surface area contributed by atoms with Crippen molar-refractivity contribution < 1.29 is 14.7 Å². The summed E-state index contributed by atoms with van der Waals surface area (Å²) in [6, 6.07) is 0. The Morgan fingerprint density at radius 3 is 2.72 bits per heavy atom. The van der Waals surface area contributed by atoms with E-state index in [2.05, 4.69) is 15.5 Å². The highest BCUT2D eigenvalue weighted by molar-refractivity contribution is 7.99. The zero-order valence-electron chi connectivity index (χ0n) is 10.5. The molecule has 18 heavy (non-hydrogen) atoms. The average Bonchev–Trinajstić information content (AvgIpc) is 2.59. The average molecular weight is 272 g/mol. The fourth-order valence-corrected chi connectivity index (χ4v) is 1.84. The molecule has 1 aromatic rings. The molecule has 0 unspecified atom stereocenters. The van der Waals surface area contributed by atoms with E-state index in [9.17, 15) is 9.59 Å². The lowest BCUT2D eigenvalue weighted by molar-refractivity contribution is -0.134. The van der Waals surface area contributed by atoms with Gasteiger partial charge in [-0.05, 0) is 20.8 Å². The van der Waals surface area contributed by atoms with Gasteiger partial charge in [-0.3, -0.25) is 14.2 Å². The fourth-order valence-electron chi connectivity index (χ4n) is 1.20. The Balaban J connectivity index is 2.59. The molecule has 0 aromatic carbocycles. The molecule has 0 spiro atoms. The highest BCUT2D eigenvalue weighted by Gasteiger charge is 2.16. The molecule has 0 aliphatic carbocycles. The molecule has 1 rings (SSSR count). The lowest BCUT2D eigenvalue weighted by Gasteiger charge is -2.20. The van der Waals surface area contributed by atoms with Crippen LogP contribution in [0.2, 0.25) is 0 Å². The minimum absolute atomic E-state index is 0.0756. The van der Waals surface area contributed by atoms with E-state index in [-0.39, 0.29) is 23.7 Å². The first-order chi connectivity index (χ1) is 8.28. The van der Waals surface area contributed by atoms with Gasteiger partial charge in [0.25, 0.3) is 0 Å². The van der Waals surface area contributed by atoms with E-state index >= 15 is 0 Å². The predicted molar refractivity (Wildman–Crippen MR) is 66.3 cm³/mol. The topological polar surface area (TPSA) is 97.1 Å². The Kier molecular flexibility index (Phi) is 4.71. The number of nitrogens with one attached hydrogen (secondary N) is 1. The van der Waals surface area contributed by atoms with E-state index in [1.165, 1.54) is 10.9 Å². The maximum absolute atomic E-state index is 11.7. The fraction of sp³-hybridized carbons (Fsp3) is 0.600. The first kappa shape index (κ1) is 14.5. The standard InChI is InChI=1S/C10H16N4O3S/c1-10(2,3)12-7(15)4-14-6-11-13-9(14)18-5-8(16)17/h6H,4-5H2,1-3H3,(H,12,15)(H,16,17). The number of hydrogen-bond acceptors (Lipinski definition) is 5. The summed E-state index contributed by atoms with van der Waals surface area (Å²) >= 11 is 1.03. The number of carboxylic acids is 1. The zero-order valence-corrected chi connectivity index (χ0v) is 11.3. The van der Waals surface area contributed by atoms with E-state index in [1.807, 2.05) is 20.8 Å². The molecule has 0 fully saturated rings. The highest BCUT2D eigenvalue weighted by atomic mass is 32.2. The number of thioether (sulfide) groups is 1. The van der Waals surface area contributed by atoms with Gasteiger partial charge in [0.1, 0.15) is 12.9 Å². The Morgan fingerprint density at radius 2 is 2.17 bits per heavy atom. The number of carboxylic acid groups (broad SMARTS) is 1. The number of aromatic nitrogens is 3.